The molecule has 104 valence electrons. The minimum Gasteiger partial charge on any atom is -0.492 e. The zero-order valence-corrected chi connectivity index (χ0v) is 12.1. The van der Waals surface area contributed by atoms with E-state index in [1.807, 2.05) is 26.8 Å². The molecule has 3 heteroatoms. The van der Waals surface area contributed by atoms with E-state index < -0.39 is 0 Å². The molecule has 0 fully saturated rings. The first-order chi connectivity index (χ1) is 9.60. The van der Waals surface area contributed by atoms with Crippen molar-refractivity contribution in [1.29, 1.82) is 0 Å². The third-order valence-electron chi connectivity index (χ3n) is 3.20. The summed E-state index contributed by atoms with van der Waals surface area (Å²) >= 11 is 0. The smallest absolute Gasteiger partial charge is 0.168 e. The van der Waals surface area contributed by atoms with Crippen molar-refractivity contribution in [2.24, 2.45) is 0 Å². The predicted molar refractivity (Wildman–Crippen MR) is 79.4 cm³/mol. The molecular weight excluding hydrogens is 250 g/mol. The van der Waals surface area contributed by atoms with Crippen LogP contribution < -0.4 is 4.74 Å². The van der Waals surface area contributed by atoms with Crippen LogP contribution in [-0.4, -0.2) is 17.4 Å². The Labute approximate surface area is 119 Å². The number of nitrogens with zero attached hydrogens (tertiary/aromatic N) is 1. The first kappa shape index (κ1) is 14.3. The van der Waals surface area contributed by atoms with Gasteiger partial charge in [-0.25, -0.2) is 0 Å². The summed E-state index contributed by atoms with van der Waals surface area (Å²) in [5, 5.41) is 0. The van der Waals surface area contributed by atoms with Crippen LogP contribution in [0.3, 0.4) is 0 Å². The molecule has 0 atom stereocenters. The minimum atomic E-state index is 0.0627. The van der Waals surface area contributed by atoms with Gasteiger partial charge in [0.1, 0.15) is 5.75 Å². The van der Waals surface area contributed by atoms with E-state index in [0.29, 0.717) is 24.3 Å². The molecular formula is C17H19NO2. The SMILES string of the molecule is CCOc1cncc(C(=O)Cc2cc(C)ccc2C)c1. The number of hydrogen-bond acceptors (Lipinski definition) is 3. The van der Waals surface area contributed by atoms with Gasteiger partial charge in [-0.05, 0) is 38.0 Å². The van der Waals surface area contributed by atoms with Crippen molar-refractivity contribution in [3.05, 3.63) is 58.9 Å². The highest BCUT2D eigenvalue weighted by atomic mass is 16.5. The zero-order valence-electron chi connectivity index (χ0n) is 12.1. The second-order valence-electron chi connectivity index (χ2n) is 4.87. The highest BCUT2D eigenvalue weighted by molar-refractivity contribution is 5.97. The van der Waals surface area contributed by atoms with Crippen LogP contribution in [-0.2, 0) is 6.42 Å². The lowest BCUT2D eigenvalue weighted by Crippen LogP contribution is -2.06. The Hall–Kier alpha value is -2.16. The fourth-order valence-electron chi connectivity index (χ4n) is 2.08. The van der Waals surface area contributed by atoms with Crippen molar-refractivity contribution in [2.75, 3.05) is 6.61 Å². The second-order valence-corrected chi connectivity index (χ2v) is 4.87. The van der Waals surface area contributed by atoms with Crippen LogP contribution in [0.2, 0.25) is 0 Å². The fourth-order valence-corrected chi connectivity index (χ4v) is 2.08. The number of carbonyl (C=O) groups is 1. The Morgan fingerprint density at radius 3 is 2.75 bits per heavy atom. The molecule has 1 aromatic carbocycles. The lowest BCUT2D eigenvalue weighted by molar-refractivity contribution is 0.0992. The summed E-state index contributed by atoms with van der Waals surface area (Å²) in [5.74, 6) is 0.701. The second kappa shape index (κ2) is 6.33. The van der Waals surface area contributed by atoms with E-state index in [9.17, 15) is 4.79 Å². The van der Waals surface area contributed by atoms with Gasteiger partial charge in [0, 0.05) is 18.2 Å². The number of aryl methyl sites for hydroxylation is 2. The number of ether oxygens (including phenoxy) is 1. The summed E-state index contributed by atoms with van der Waals surface area (Å²) in [6.45, 7) is 6.53. The van der Waals surface area contributed by atoms with E-state index in [1.165, 1.54) is 5.56 Å². The summed E-state index contributed by atoms with van der Waals surface area (Å²) in [7, 11) is 0. The van der Waals surface area contributed by atoms with Crippen molar-refractivity contribution < 1.29 is 9.53 Å². The highest BCUT2D eigenvalue weighted by Crippen LogP contribution is 2.16. The maximum Gasteiger partial charge on any atom is 0.168 e. The third kappa shape index (κ3) is 3.44. The largest absolute Gasteiger partial charge is 0.492 e. The molecule has 20 heavy (non-hydrogen) atoms. The summed E-state index contributed by atoms with van der Waals surface area (Å²) in [6, 6.07) is 7.92. The molecule has 2 rings (SSSR count). The molecule has 0 N–H and O–H groups in total. The highest BCUT2D eigenvalue weighted by Gasteiger charge is 2.10. The van der Waals surface area contributed by atoms with Crippen LogP contribution in [0.4, 0.5) is 0 Å². The molecule has 0 aliphatic carbocycles. The maximum absolute atomic E-state index is 12.3. The summed E-state index contributed by atoms with van der Waals surface area (Å²) in [6.07, 6.45) is 3.61. The molecule has 0 radical (unpaired) electrons. The molecule has 1 heterocycles. The van der Waals surface area contributed by atoms with Crippen molar-refractivity contribution >= 4 is 5.78 Å². The Morgan fingerprint density at radius 2 is 2.00 bits per heavy atom. The van der Waals surface area contributed by atoms with Crippen LogP contribution in [0.5, 0.6) is 5.75 Å². The van der Waals surface area contributed by atoms with Gasteiger partial charge in [0.25, 0.3) is 0 Å². The quantitative estimate of drug-likeness (QED) is 0.780. The Morgan fingerprint density at radius 1 is 1.20 bits per heavy atom. The van der Waals surface area contributed by atoms with Crippen molar-refractivity contribution in [2.45, 2.75) is 27.2 Å². The van der Waals surface area contributed by atoms with Gasteiger partial charge in [-0.1, -0.05) is 23.8 Å². The first-order valence-corrected chi connectivity index (χ1v) is 6.77. The van der Waals surface area contributed by atoms with E-state index in [4.69, 9.17) is 4.74 Å². The number of rotatable bonds is 5. The standard InChI is InChI=1S/C17H19NO2/c1-4-20-16-8-15(10-18-11-16)17(19)9-14-7-12(2)5-6-13(14)3/h5-8,10-11H,4,9H2,1-3H3. The minimum absolute atomic E-state index is 0.0627. The lowest BCUT2D eigenvalue weighted by Gasteiger charge is -2.08. The molecule has 2 aromatic rings. The molecule has 0 saturated heterocycles. The van der Waals surface area contributed by atoms with Crippen molar-refractivity contribution in [3.8, 4) is 5.75 Å². The maximum atomic E-state index is 12.3. The van der Waals surface area contributed by atoms with E-state index in [0.717, 1.165) is 11.1 Å². The van der Waals surface area contributed by atoms with E-state index >= 15 is 0 Å². The number of aromatic nitrogens is 1. The van der Waals surface area contributed by atoms with Gasteiger partial charge in [-0.3, -0.25) is 9.78 Å². The average Bonchev–Trinajstić information content (AvgIpc) is 2.43. The molecule has 0 spiro atoms. The normalized spacial score (nSPS) is 10.3. The number of hydrogen-bond donors (Lipinski definition) is 0. The van der Waals surface area contributed by atoms with Gasteiger partial charge in [-0.15, -0.1) is 0 Å². The molecule has 0 bridgehead atoms. The monoisotopic (exact) mass is 269 g/mol. The molecule has 0 amide bonds. The van der Waals surface area contributed by atoms with Crippen LogP contribution in [0, 0.1) is 13.8 Å². The number of pyridine rings is 1. The Bertz CT molecular complexity index is 620. The third-order valence-corrected chi connectivity index (χ3v) is 3.20. The van der Waals surface area contributed by atoms with Crippen LogP contribution in [0.15, 0.2) is 36.7 Å². The lowest BCUT2D eigenvalue weighted by atomic mass is 9.98. The molecule has 1 aromatic heterocycles. The van der Waals surface area contributed by atoms with E-state index in [2.05, 4.69) is 17.1 Å². The topological polar surface area (TPSA) is 39.2 Å². The average molecular weight is 269 g/mol. The van der Waals surface area contributed by atoms with Gasteiger partial charge < -0.3 is 4.74 Å². The Kier molecular flexibility index (Phi) is 4.51. The van der Waals surface area contributed by atoms with Gasteiger partial charge >= 0.3 is 0 Å². The van der Waals surface area contributed by atoms with Gasteiger partial charge in [0.05, 0.1) is 12.8 Å². The first-order valence-electron chi connectivity index (χ1n) is 6.77. The van der Waals surface area contributed by atoms with Crippen molar-refractivity contribution in [1.82, 2.24) is 4.98 Å². The molecule has 0 unspecified atom stereocenters. The van der Waals surface area contributed by atoms with Gasteiger partial charge in [-0.2, -0.15) is 0 Å². The number of Topliss-reactive ketones (excluding diaryl/α,β-unsaturated/α-hetero) is 1. The number of benzene rings is 1. The summed E-state index contributed by atoms with van der Waals surface area (Å²) in [5.41, 5.74) is 3.96. The van der Waals surface area contributed by atoms with Crippen LogP contribution >= 0.6 is 0 Å². The van der Waals surface area contributed by atoms with Crippen LogP contribution in [0.25, 0.3) is 0 Å². The molecule has 0 saturated carbocycles. The van der Waals surface area contributed by atoms with Crippen LogP contribution in [0.1, 0.15) is 34.0 Å². The van der Waals surface area contributed by atoms with Gasteiger partial charge in [0.15, 0.2) is 5.78 Å². The number of ketones is 1. The fraction of sp³-hybridized carbons (Fsp3) is 0.294. The van der Waals surface area contributed by atoms with Gasteiger partial charge in [0.2, 0.25) is 0 Å². The molecule has 0 aliphatic heterocycles. The van der Waals surface area contributed by atoms with E-state index in [-0.39, 0.29) is 5.78 Å². The van der Waals surface area contributed by atoms with Crippen molar-refractivity contribution in [3.63, 3.8) is 0 Å². The summed E-state index contributed by atoms with van der Waals surface area (Å²) < 4.78 is 5.38. The number of carbonyl (C=O) groups excluding carboxylic acids is 1. The molecule has 3 nitrogen and oxygen atoms in total. The van der Waals surface area contributed by atoms with E-state index in [1.54, 1.807) is 18.5 Å². The summed E-state index contributed by atoms with van der Waals surface area (Å²) in [4.78, 5) is 16.4. The Balaban J connectivity index is 2.19. The molecule has 0 aliphatic rings. The zero-order chi connectivity index (χ0) is 14.5. The predicted octanol–water partition coefficient (Wildman–Crippen LogP) is 3.52.